The van der Waals surface area contributed by atoms with Crippen LogP contribution in [0, 0.1) is 10.1 Å². The molecule has 0 aliphatic carbocycles. The van der Waals surface area contributed by atoms with Crippen LogP contribution in [0.2, 0.25) is 5.02 Å². The summed E-state index contributed by atoms with van der Waals surface area (Å²) in [7, 11) is 0. The molecule has 1 amide bonds. The van der Waals surface area contributed by atoms with Crippen molar-refractivity contribution in [2.75, 3.05) is 5.32 Å². The maximum atomic E-state index is 12.3. The standard InChI is InChI=1S/C10H5ClF3N5O3/c11-6-2-1-4(19(21)22)3-5(6)7(20)15-9-16-8(17-18-9)10(12,13)14/h1-3H,(H2,15,16,17,18,20). The third kappa shape index (κ3) is 3.31. The van der Waals surface area contributed by atoms with Crippen LogP contribution in [0.1, 0.15) is 16.2 Å². The average molecular weight is 336 g/mol. The summed E-state index contributed by atoms with van der Waals surface area (Å²) in [5.41, 5.74) is -0.699. The topological polar surface area (TPSA) is 114 Å². The molecule has 0 fully saturated rings. The zero-order valence-electron chi connectivity index (χ0n) is 10.3. The summed E-state index contributed by atoms with van der Waals surface area (Å²) in [6.07, 6.45) is -4.75. The van der Waals surface area contributed by atoms with Gasteiger partial charge in [-0.05, 0) is 6.07 Å². The maximum Gasteiger partial charge on any atom is 0.451 e. The van der Waals surface area contributed by atoms with E-state index in [2.05, 4.69) is 10.1 Å². The Bertz CT molecular complexity index is 746. The smallest absolute Gasteiger partial charge is 0.289 e. The quantitative estimate of drug-likeness (QED) is 0.661. The molecule has 2 N–H and O–H groups in total. The molecule has 22 heavy (non-hydrogen) atoms. The summed E-state index contributed by atoms with van der Waals surface area (Å²) >= 11 is 5.73. The fourth-order valence-corrected chi connectivity index (χ4v) is 1.62. The fraction of sp³-hybridized carbons (Fsp3) is 0.100. The van der Waals surface area contributed by atoms with Crippen molar-refractivity contribution in [3.63, 3.8) is 0 Å². The second kappa shape index (κ2) is 5.60. The summed E-state index contributed by atoms with van der Waals surface area (Å²) in [6, 6.07) is 3.08. The van der Waals surface area contributed by atoms with Crippen molar-refractivity contribution in [2.24, 2.45) is 0 Å². The Labute approximate surface area is 124 Å². The van der Waals surface area contributed by atoms with Crippen molar-refractivity contribution in [1.82, 2.24) is 15.2 Å². The lowest BCUT2D eigenvalue weighted by atomic mass is 10.2. The van der Waals surface area contributed by atoms with Crippen molar-refractivity contribution in [1.29, 1.82) is 0 Å². The highest BCUT2D eigenvalue weighted by atomic mass is 35.5. The number of nitro groups is 1. The zero-order chi connectivity index (χ0) is 16.5. The van der Waals surface area contributed by atoms with Gasteiger partial charge in [0.25, 0.3) is 11.6 Å². The number of benzene rings is 1. The molecule has 1 aromatic heterocycles. The number of carbonyl (C=O) groups is 1. The highest BCUT2D eigenvalue weighted by molar-refractivity contribution is 6.34. The predicted molar refractivity (Wildman–Crippen MR) is 67.4 cm³/mol. The van der Waals surface area contributed by atoms with Crippen LogP contribution in [0.15, 0.2) is 18.2 Å². The molecule has 0 saturated carbocycles. The molecule has 0 radical (unpaired) electrons. The van der Waals surface area contributed by atoms with E-state index in [4.69, 9.17) is 11.6 Å². The Kier molecular flexibility index (Phi) is 3.99. The van der Waals surface area contributed by atoms with Crippen LogP contribution in [0.4, 0.5) is 24.8 Å². The maximum absolute atomic E-state index is 12.3. The van der Waals surface area contributed by atoms with Gasteiger partial charge in [-0.3, -0.25) is 25.3 Å². The number of aromatic amines is 1. The van der Waals surface area contributed by atoms with E-state index in [0.717, 1.165) is 18.2 Å². The first kappa shape index (κ1) is 15.7. The largest absolute Gasteiger partial charge is 0.451 e. The van der Waals surface area contributed by atoms with Crippen LogP contribution >= 0.6 is 11.6 Å². The highest BCUT2D eigenvalue weighted by Gasteiger charge is 2.35. The third-order valence-electron chi connectivity index (χ3n) is 2.38. The number of nitro benzene ring substituents is 1. The van der Waals surface area contributed by atoms with Gasteiger partial charge < -0.3 is 0 Å². The normalized spacial score (nSPS) is 11.3. The molecule has 0 spiro atoms. The van der Waals surface area contributed by atoms with Crippen LogP contribution in [0.25, 0.3) is 0 Å². The first-order chi connectivity index (χ1) is 10.2. The molecular formula is C10H5ClF3N5O3. The van der Waals surface area contributed by atoms with E-state index < -0.39 is 34.5 Å². The van der Waals surface area contributed by atoms with E-state index in [1.54, 1.807) is 5.10 Å². The number of nitrogens with zero attached hydrogens (tertiary/aromatic N) is 3. The van der Waals surface area contributed by atoms with Crippen molar-refractivity contribution >= 4 is 29.1 Å². The minimum Gasteiger partial charge on any atom is -0.289 e. The lowest BCUT2D eigenvalue weighted by Gasteiger charge is -2.03. The number of aromatic nitrogens is 3. The van der Waals surface area contributed by atoms with Gasteiger partial charge in [-0.25, -0.2) is 0 Å². The Morgan fingerprint density at radius 3 is 2.64 bits per heavy atom. The molecule has 12 heteroatoms. The SMILES string of the molecule is O=C(Nc1n[nH]c(C(F)(F)F)n1)c1cc([N+](=O)[O-])ccc1Cl. The second-order valence-electron chi connectivity index (χ2n) is 3.88. The number of carbonyl (C=O) groups excluding carboxylic acids is 1. The van der Waals surface area contributed by atoms with E-state index in [1.807, 2.05) is 5.32 Å². The summed E-state index contributed by atoms with van der Waals surface area (Å²) in [6.45, 7) is 0. The Hall–Kier alpha value is -2.69. The number of H-pyrrole nitrogens is 1. The molecule has 1 heterocycles. The number of hydrogen-bond donors (Lipinski definition) is 2. The van der Waals surface area contributed by atoms with Crippen LogP contribution in [0.5, 0.6) is 0 Å². The Balaban J connectivity index is 2.24. The number of halogens is 4. The molecule has 0 unspecified atom stereocenters. The van der Waals surface area contributed by atoms with Crippen LogP contribution in [0.3, 0.4) is 0 Å². The van der Waals surface area contributed by atoms with Crippen molar-refractivity contribution < 1.29 is 22.9 Å². The number of anilines is 1. The molecule has 2 rings (SSSR count). The van der Waals surface area contributed by atoms with Gasteiger partial charge in [0, 0.05) is 12.1 Å². The number of nitrogens with one attached hydrogen (secondary N) is 2. The average Bonchev–Trinajstić information content (AvgIpc) is 2.87. The zero-order valence-corrected chi connectivity index (χ0v) is 11.1. The van der Waals surface area contributed by atoms with E-state index in [1.165, 1.54) is 0 Å². The lowest BCUT2D eigenvalue weighted by molar-refractivity contribution is -0.384. The van der Waals surface area contributed by atoms with Gasteiger partial charge in [-0.2, -0.15) is 18.2 Å². The molecule has 8 nitrogen and oxygen atoms in total. The monoisotopic (exact) mass is 335 g/mol. The van der Waals surface area contributed by atoms with E-state index in [9.17, 15) is 28.1 Å². The Morgan fingerprint density at radius 1 is 1.41 bits per heavy atom. The van der Waals surface area contributed by atoms with Gasteiger partial charge in [0.15, 0.2) is 0 Å². The molecular weight excluding hydrogens is 331 g/mol. The van der Waals surface area contributed by atoms with Crippen LogP contribution < -0.4 is 5.32 Å². The molecule has 0 atom stereocenters. The minimum absolute atomic E-state index is 0.116. The van der Waals surface area contributed by atoms with Gasteiger partial charge in [-0.15, -0.1) is 5.10 Å². The molecule has 2 aromatic rings. The molecule has 0 aliphatic rings. The highest BCUT2D eigenvalue weighted by Crippen LogP contribution is 2.27. The molecule has 0 saturated heterocycles. The number of hydrogen-bond acceptors (Lipinski definition) is 5. The summed E-state index contributed by atoms with van der Waals surface area (Å²) < 4.78 is 37.0. The fourth-order valence-electron chi connectivity index (χ4n) is 1.41. The van der Waals surface area contributed by atoms with Crippen molar-refractivity contribution in [2.45, 2.75) is 6.18 Å². The lowest BCUT2D eigenvalue weighted by Crippen LogP contribution is -2.14. The van der Waals surface area contributed by atoms with E-state index in [0.29, 0.717) is 0 Å². The number of rotatable bonds is 3. The number of alkyl halides is 3. The van der Waals surface area contributed by atoms with Gasteiger partial charge >= 0.3 is 6.18 Å². The van der Waals surface area contributed by atoms with Gasteiger partial charge in [0.2, 0.25) is 11.8 Å². The number of non-ortho nitro benzene ring substituents is 1. The van der Waals surface area contributed by atoms with E-state index in [-0.39, 0.29) is 10.6 Å². The number of amides is 1. The molecule has 116 valence electrons. The van der Waals surface area contributed by atoms with Crippen molar-refractivity contribution in [3.8, 4) is 0 Å². The summed E-state index contributed by atoms with van der Waals surface area (Å²) in [5.74, 6) is -3.02. The second-order valence-corrected chi connectivity index (χ2v) is 4.29. The van der Waals surface area contributed by atoms with Gasteiger partial charge in [-0.1, -0.05) is 11.6 Å². The van der Waals surface area contributed by atoms with Gasteiger partial charge in [0.1, 0.15) is 0 Å². The predicted octanol–water partition coefficient (Wildman–Crippen LogP) is 2.64. The summed E-state index contributed by atoms with van der Waals surface area (Å²) in [5, 5.41) is 17.3. The van der Waals surface area contributed by atoms with E-state index >= 15 is 0 Å². The van der Waals surface area contributed by atoms with Gasteiger partial charge in [0.05, 0.1) is 15.5 Å². The molecule has 1 aromatic carbocycles. The molecule has 0 aliphatic heterocycles. The first-order valence-electron chi connectivity index (χ1n) is 5.43. The van der Waals surface area contributed by atoms with Crippen molar-refractivity contribution in [3.05, 3.63) is 44.7 Å². The molecule has 0 bridgehead atoms. The summed E-state index contributed by atoms with van der Waals surface area (Å²) in [4.78, 5) is 24.8. The Morgan fingerprint density at radius 2 is 2.09 bits per heavy atom. The van der Waals surface area contributed by atoms with Crippen LogP contribution in [-0.4, -0.2) is 26.0 Å². The van der Waals surface area contributed by atoms with Crippen LogP contribution in [-0.2, 0) is 6.18 Å². The third-order valence-corrected chi connectivity index (χ3v) is 2.71. The minimum atomic E-state index is -4.75. The first-order valence-corrected chi connectivity index (χ1v) is 5.81.